The Bertz CT molecular complexity index is 952. The molecular formula is C16H16N4O3S. The van der Waals surface area contributed by atoms with Crippen molar-refractivity contribution in [2.24, 2.45) is 0 Å². The molecular weight excluding hydrogens is 328 g/mol. The molecule has 7 nitrogen and oxygen atoms in total. The maximum atomic E-state index is 12.4. The summed E-state index contributed by atoms with van der Waals surface area (Å²) in [5.74, 6) is 0.508. The molecule has 0 aliphatic heterocycles. The molecule has 0 saturated heterocycles. The Kier molecular flexibility index (Phi) is 4.41. The zero-order valence-electron chi connectivity index (χ0n) is 13.2. The van der Waals surface area contributed by atoms with Crippen LogP contribution >= 0.6 is 0 Å². The number of rotatable bonds is 5. The second kappa shape index (κ2) is 6.50. The molecule has 8 heteroatoms. The van der Waals surface area contributed by atoms with E-state index < -0.39 is 10.0 Å². The molecule has 1 N–H and O–H groups in total. The summed E-state index contributed by atoms with van der Waals surface area (Å²) in [7, 11) is -3.65. The van der Waals surface area contributed by atoms with Crippen molar-refractivity contribution in [2.75, 3.05) is 0 Å². The van der Waals surface area contributed by atoms with Crippen LogP contribution in [0.25, 0.3) is 11.5 Å². The van der Waals surface area contributed by atoms with Gasteiger partial charge in [0.1, 0.15) is 0 Å². The fourth-order valence-corrected chi connectivity index (χ4v) is 3.47. The molecule has 0 spiro atoms. The van der Waals surface area contributed by atoms with Gasteiger partial charge in [-0.2, -0.15) is 0 Å². The van der Waals surface area contributed by atoms with Crippen molar-refractivity contribution in [3.63, 3.8) is 0 Å². The molecule has 2 heterocycles. The smallest absolute Gasteiger partial charge is 0.247 e. The molecule has 0 radical (unpaired) electrons. The first kappa shape index (κ1) is 16.3. The van der Waals surface area contributed by atoms with Crippen molar-refractivity contribution in [1.29, 1.82) is 0 Å². The molecule has 0 unspecified atom stereocenters. The Morgan fingerprint density at radius 2 is 1.83 bits per heavy atom. The van der Waals surface area contributed by atoms with E-state index in [0.717, 1.165) is 11.1 Å². The number of benzene rings is 1. The lowest BCUT2D eigenvalue weighted by molar-refractivity contribution is 0.494. The topological polar surface area (TPSA) is 98.0 Å². The van der Waals surface area contributed by atoms with Crippen LogP contribution in [-0.4, -0.2) is 23.6 Å². The van der Waals surface area contributed by atoms with E-state index in [1.54, 1.807) is 43.6 Å². The maximum absolute atomic E-state index is 12.4. The second-order valence-corrected chi connectivity index (χ2v) is 7.07. The number of nitrogens with zero attached hydrogens (tertiary/aromatic N) is 3. The highest BCUT2D eigenvalue weighted by Gasteiger charge is 2.18. The lowest BCUT2D eigenvalue weighted by Crippen LogP contribution is -2.24. The lowest BCUT2D eigenvalue weighted by atomic mass is 10.2. The zero-order chi connectivity index (χ0) is 17.2. The van der Waals surface area contributed by atoms with Gasteiger partial charge in [0.15, 0.2) is 0 Å². The summed E-state index contributed by atoms with van der Waals surface area (Å²) in [6.07, 6.45) is 3.23. The van der Waals surface area contributed by atoms with Crippen molar-refractivity contribution < 1.29 is 12.8 Å². The molecule has 0 aliphatic rings. The van der Waals surface area contributed by atoms with Crippen LogP contribution in [0.1, 0.15) is 17.0 Å². The number of pyridine rings is 1. The average molecular weight is 344 g/mol. The minimum Gasteiger partial charge on any atom is -0.419 e. The molecule has 0 bridgehead atoms. The van der Waals surface area contributed by atoms with E-state index in [4.69, 9.17) is 4.42 Å². The Morgan fingerprint density at radius 1 is 1.08 bits per heavy atom. The summed E-state index contributed by atoms with van der Waals surface area (Å²) in [5, 5.41) is 7.77. The Balaban J connectivity index is 1.75. The number of nitrogens with one attached hydrogen (secondary N) is 1. The van der Waals surface area contributed by atoms with Crippen molar-refractivity contribution in [3.8, 4) is 11.5 Å². The second-order valence-electron chi connectivity index (χ2n) is 5.33. The molecule has 124 valence electrons. The van der Waals surface area contributed by atoms with E-state index in [1.165, 1.54) is 0 Å². The third-order valence-corrected chi connectivity index (χ3v) is 4.99. The van der Waals surface area contributed by atoms with Crippen LogP contribution in [0.4, 0.5) is 0 Å². The predicted octanol–water partition coefficient (Wildman–Crippen LogP) is 2.23. The molecule has 3 aromatic rings. The zero-order valence-corrected chi connectivity index (χ0v) is 14.0. The van der Waals surface area contributed by atoms with Gasteiger partial charge in [0.2, 0.25) is 21.8 Å². The van der Waals surface area contributed by atoms with Gasteiger partial charge in [-0.1, -0.05) is 17.7 Å². The molecule has 3 rings (SSSR count). The molecule has 0 amide bonds. The van der Waals surface area contributed by atoms with E-state index >= 15 is 0 Å². The summed E-state index contributed by atoms with van der Waals surface area (Å²) in [6.45, 7) is 3.60. The van der Waals surface area contributed by atoms with Gasteiger partial charge >= 0.3 is 0 Å². The molecule has 0 aliphatic carbocycles. The van der Waals surface area contributed by atoms with Crippen LogP contribution in [-0.2, 0) is 16.6 Å². The van der Waals surface area contributed by atoms with E-state index in [2.05, 4.69) is 19.9 Å². The first-order chi connectivity index (χ1) is 11.5. The van der Waals surface area contributed by atoms with Gasteiger partial charge in [0, 0.05) is 18.0 Å². The fourth-order valence-electron chi connectivity index (χ4n) is 2.27. The SMILES string of the molecule is Cc1ccc(S(=O)(=O)NCc2nnc(-c3ccncc3)o2)c(C)c1. The average Bonchev–Trinajstić information content (AvgIpc) is 3.02. The molecule has 1 aromatic carbocycles. The van der Waals surface area contributed by atoms with Crippen molar-refractivity contribution in [1.82, 2.24) is 19.9 Å². The quantitative estimate of drug-likeness (QED) is 0.762. The summed E-state index contributed by atoms with van der Waals surface area (Å²) in [4.78, 5) is 4.15. The number of aromatic nitrogens is 3. The van der Waals surface area contributed by atoms with Gasteiger partial charge in [-0.3, -0.25) is 4.98 Å². The molecule has 0 fully saturated rings. The standard InChI is InChI=1S/C16H16N4O3S/c1-11-3-4-14(12(2)9-11)24(21,22)18-10-15-19-20-16(23-15)13-5-7-17-8-6-13/h3-9,18H,10H2,1-2H3. The largest absolute Gasteiger partial charge is 0.419 e. The van der Waals surface area contributed by atoms with Crippen molar-refractivity contribution >= 4 is 10.0 Å². The van der Waals surface area contributed by atoms with E-state index in [0.29, 0.717) is 11.5 Å². The van der Waals surface area contributed by atoms with Crippen LogP contribution in [0.15, 0.2) is 52.0 Å². The van der Waals surface area contributed by atoms with Gasteiger partial charge in [-0.15, -0.1) is 10.2 Å². The predicted molar refractivity (Wildman–Crippen MR) is 87.5 cm³/mol. The first-order valence-electron chi connectivity index (χ1n) is 7.25. The minimum atomic E-state index is -3.65. The van der Waals surface area contributed by atoms with E-state index in [1.807, 2.05) is 13.0 Å². The Hall–Kier alpha value is -2.58. The van der Waals surface area contributed by atoms with Crippen LogP contribution in [0.3, 0.4) is 0 Å². The first-order valence-corrected chi connectivity index (χ1v) is 8.74. The fraction of sp³-hybridized carbons (Fsp3) is 0.188. The highest BCUT2D eigenvalue weighted by atomic mass is 32.2. The van der Waals surface area contributed by atoms with Gasteiger partial charge in [-0.25, -0.2) is 13.1 Å². The van der Waals surface area contributed by atoms with E-state index in [9.17, 15) is 8.42 Å². The normalized spacial score (nSPS) is 11.6. The lowest BCUT2D eigenvalue weighted by Gasteiger charge is -2.08. The van der Waals surface area contributed by atoms with Crippen molar-refractivity contribution in [3.05, 3.63) is 59.7 Å². The van der Waals surface area contributed by atoms with Gasteiger partial charge in [0.25, 0.3) is 0 Å². The highest BCUT2D eigenvalue weighted by molar-refractivity contribution is 7.89. The third-order valence-electron chi connectivity index (χ3n) is 3.43. The molecule has 0 atom stereocenters. The number of hydrogen-bond acceptors (Lipinski definition) is 6. The Labute approximate surface area is 139 Å². The summed E-state index contributed by atoms with van der Waals surface area (Å²) >= 11 is 0. The van der Waals surface area contributed by atoms with Crippen LogP contribution in [0.2, 0.25) is 0 Å². The summed E-state index contributed by atoms with van der Waals surface area (Å²) < 4.78 is 32.8. The Morgan fingerprint density at radius 3 is 2.54 bits per heavy atom. The number of aryl methyl sites for hydroxylation is 2. The minimum absolute atomic E-state index is 0.0757. The summed E-state index contributed by atoms with van der Waals surface area (Å²) in [6, 6.07) is 8.63. The van der Waals surface area contributed by atoms with Crippen LogP contribution < -0.4 is 4.72 Å². The van der Waals surface area contributed by atoms with Gasteiger partial charge in [-0.05, 0) is 37.6 Å². The van der Waals surface area contributed by atoms with Gasteiger partial charge < -0.3 is 4.42 Å². The van der Waals surface area contributed by atoms with Gasteiger partial charge in [0.05, 0.1) is 11.4 Å². The molecule has 2 aromatic heterocycles. The highest BCUT2D eigenvalue weighted by Crippen LogP contribution is 2.18. The molecule has 24 heavy (non-hydrogen) atoms. The summed E-state index contributed by atoms with van der Waals surface area (Å²) in [5.41, 5.74) is 2.41. The maximum Gasteiger partial charge on any atom is 0.247 e. The monoisotopic (exact) mass is 344 g/mol. The van der Waals surface area contributed by atoms with Crippen LogP contribution in [0, 0.1) is 13.8 Å². The third kappa shape index (κ3) is 3.50. The van der Waals surface area contributed by atoms with Crippen molar-refractivity contribution in [2.45, 2.75) is 25.3 Å². The molecule has 0 saturated carbocycles. The number of hydrogen-bond donors (Lipinski definition) is 1. The van der Waals surface area contributed by atoms with E-state index in [-0.39, 0.29) is 17.3 Å². The van der Waals surface area contributed by atoms with Crippen LogP contribution in [0.5, 0.6) is 0 Å². The number of sulfonamides is 1.